The van der Waals surface area contributed by atoms with E-state index in [0.29, 0.717) is 0 Å². The van der Waals surface area contributed by atoms with Crippen LogP contribution in [0, 0.1) is 0 Å². The summed E-state index contributed by atoms with van der Waals surface area (Å²) in [5, 5.41) is 9.99. The van der Waals surface area contributed by atoms with Crippen molar-refractivity contribution in [3.63, 3.8) is 0 Å². The molecule has 18 heavy (non-hydrogen) atoms. The van der Waals surface area contributed by atoms with Crippen LogP contribution in [-0.2, 0) is 0 Å². The highest BCUT2D eigenvalue weighted by atomic mass is 16.3. The summed E-state index contributed by atoms with van der Waals surface area (Å²) in [5.41, 5.74) is 1.86. The number of hydrogen-bond donors (Lipinski definition) is 1. The Labute approximate surface area is 111 Å². The van der Waals surface area contributed by atoms with E-state index in [1.165, 1.54) is 0 Å². The normalized spacial score (nSPS) is 8.78. The van der Waals surface area contributed by atoms with Crippen LogP contribution in [0.1, 0.15) is 44.9 Å². The Morgan fingerprint density at radius 1 is 0.611 bits per heavy atom. The lowest BCUT2D eigenvalue weighted by Crippen LogP contribution is -1.98. The lowest BCUT2D eigenvalue weighted by atomic mass is 10.0. The Hall–Kier alpha value is -1.60. The van der Waals surface area contributed by atoms with Crippen molar-refractivity contribution in [1.29, 1.82) is 0 Å². The first kappa shape index (κ1) is 16.4. The molecule has 0 fully saturated rings. The van der Waals surface area contributed by atoms with Gasteiger partial charge in [0, 0.05) is 0 Å². The third-order valence-electron chi connectivity index (χ3n) is 2.23. The average molecular weight is 244 g/mol. The molecule has 1 nitrogen and oxygen atoms in total. The fraction of sp³-hybridized carbons (Fsp3) is 0.294. The molecule has 0 unspecified atom stereocenters. The minimum atomic E-state index is -0.516. The molecule has 1 heteroatoms. The van der Waals surface area contributed by atoms with Crippen molar-refractivity contribution in [1.82, 2.24) is 0 Å². The molecule has 0 aliphatic heterocycles. The van der Waals surface area contributed by atoms with Crippen LogP contribution in [0.2, 0.25) is 0 Å². The molecule has 0 spiro atoms. The van der Waals surface area contributed by atoms with Crippen molar-refractivity contribution in [2.24, 2.45) is 0 Å². The maximum absolute atomic E-state index is 9.99. The molecule has 0 aliphatic rings. The van der Waals surface area contributed by atoms with Gasteiger partial charge in [-0.25, -0.2) is 0 Å². The van der Waals surface area contributed by atoms with Crippen molar-refractivity contribution in [2.75, 3.05) is 0 Å². The summed E-state index contributed by atoms with van der Waals surface area (Å²) >= 11 is 0. The fourth-order valence-electron chi connectivity index (χ4n) is 1.46. The predicted octanol–water partition coefficient (Wildman–Crippen LogP) is 4.82. The molecule has 0 amide bonds. The molecule has 0 saturated carbocycles. The van der Waals surface area contributed by atoms with Gasteiger partial charge in [0.2, 0.25) is 0 Å². The lowest BCUT2D eigenvalue weighted by molar-refractivity contribution is 0.220. The Balaban J connectivity index is 0.000000659. The van der Waals surface area contributed by atoms with Gasteiger partial charge in [0.15, 0.2) is 0 Å². The SMILES string of the molecule is CC.CC.OC(c1ccccc1)c1ccccc1. The van der Waals surface area contributed by atoms with E-state index in [2.05, 4.69) is 0 Å². The number of hydrogen-bond acceptors (Lipinski definition) is 1. The van der Waals surface area contributed by atoms with Crippen LogP contribution < -0.4 is 0 Å². The van der Waals surface area contributed by atoms with E-state index in [1.807, 2.05) is 88.4 Å². The fourth-order valence-corrected chi connectivity index (χ4v) is 1.46. The molecule has 1 N–H and O–H groups in total. The highest BCUT2D eigenvalue weighted by Gasteiger charge is 2.07. The van der Waals surface area contributed by atoms with E-state index < -0.39 is 6.10 Å². The van der Waals surface area contributed by atoms with Crippen LogP contribution in [-0.4, -0.2) is 5.11 Å². The van der Waals surface area contributed by atoms with Crippen LogP contribution in [0.5, 0.6) is 0 Å². The van der Waals surface area contributed by atoms with Gasteiger partial charge < -0.3 is 5.11 Å². The number of benzene rings is 2. The Morgan fingerprint density at radius 3 is 1.17 bits per heavy atom. The molecular formula is C17H24O. The second kappa shape index (κ2) is 10.5. The maximum Gasteiger partial charge on any atom is 0.104 e. The Kier molecular flexibility index (Phi) is 9.61. The van der Waals surface area contributed by atoms with Gasteiger partial charge in [-0.1, -0.05) is 88.4 Å². The van der Waals surface area contributed by atoms with E-state index in [9.17, 15) is 5.11 Å². The van der Waals surface area contributed by atoms with Crippen molar-refractivity contribution < 1.29 is 5.11 Å². The van der Waals surface area contributed by atoms with Crippen LogP contribution in [0.15, 0.2) is 60.7 Å². The highest BCUT2D eigenvalue weighted by molar-refractivity contribution is 5.29. The van der Waals surface area contributed by atoms with Crippen LogP contribution in [0.4, 0.5) is 0 Å². The van der Waals surface area contributed by atoms with Crippen molar-refractivity contribution in [2.45, 2.75) is 33.8 Å². The Morgan fingerprint density at radius 2 is 0.889 bits per heavy atom. The third-order valence-corrected chi connectivity index (χ3v) is 2.23. The van der Waals surface area contributed by atoms with Gasteiger partial charge in [0.25, 0.3) is 0 Å². The van der Waals surface area contributed by atoms with Gasteiger partial charge in [0.1, 0.15) is 6.10 Å². The molecule has 0 saturated heterocycles. The van der Waals surface area contributed by atoms with Gasteiger partial charge in [-0.15, -0.1) is 0 Å². The topological polar surface area (TPSA) is 20.2 Å². The molecule has 0 atom stereocenters. The predicted molar refractivity (Wildman–Crippen MR) is 79.6 cm³/mol. The standard InChI is InChI=1S/C13H12O.2C2H6/c14-13(11-7-3-1-4-8-11)12-9-5-2-6-10-12;2*1-2/h1-10,13-14H;2*1-2H3. The van der Waals surface area contributed by atoms with Gasteiger partial charge >= 0.3 is 0 Å². The molecular weight excluding hydrogens is 220 g/mol. The quantitative estimate of drug-likeness (QED) is 0.803. The summed E-state index contributed by atoms with van der Waals surface area (Å²) in [6, 6.07) is 19.3. The maximum atomic E-state index is 9.99. The lowest BCUT2D eigenvalue weighted by Gasteiger charge is -2.10. The summed E-state index contributed by atoms with van der Waals surface area (Å²) < 4.78 is 0. The number of aliphatic hydroxyl groups excluding tert-OH is 1. The van der Waals surface area contributed by atoms with E-state index in [0.717, 1.165) is 11.1 Å². The molecule has 98 valence electrons. The van der Waals surface area contributed by atoms with Crippen LogP contribution in [0.25, 0.3) is 0 Å². The van der Waals surface area contributed by atoms with Gasteiger partial charge in [0.05, 0.1) is 0 Å². The third kappa shape index (κ3) is 5.15. The van der Waals surface area contributed by atoms with Crippen molar-refractivity contribution >= 4 is 0 Å². The largest absolute Gasteiger partial charge is 0.384 e. The summed E-state index contributed by atoms with van der Waals surface area (Å²) in [4.78, 5) is 0. The van der Waals surface area contributed by atoms with E-state index in [4.69, 9.17) is 0 Å². The molecule has 2 aromatic rings. The summed E-state index contributed by atoms with van der Waals surface area (Å²) in [5.74, 6) is 0. The number of rotatable bonds is 2. The van der Waals surface area contributed by atoms with Crippen LogP contribution >= 0.6 is 0 Å². The first-order chi connectivity index (χ1) is 8.88. The number of aliphatic hydroxyl groups is 1. The Bertz CT molecular complexity index is 341. The first-order valence-corrected chi connectivity index (χ1v) is 6.66. The molecule has 0 bridgehead atoms. The molecule has 0 radical (unpaired) electrons. The molecule has 0 aromatic heterocycles. The first-order valence-electron chi connectivity index (χ1n) is 6.66. The van der Waals surface area contributed by atoms with Gasteiger partial charge in [-0.2, -0.15) is 0 Å². The summed E-state index contributed by atoms with van der Waals surface area (Å²) in [7, 11) is 0. The van der Waals surface area contributed by atoms with Crippen molar-refractivity contribution in [3.8, 4) is 0 Å². The monoisotopic (exact) mass is 244 g/mol. The van der Waals surface area contributed by atoms with Gasteiger partial charge in [-0.3, -0.25) is 0 Å². The molecule has 0 heterocycles. The zero-order chi connectivity index (χ0) is 13.8. The molecule has 0 aliphatic carbocycles. The molecule has 2 aromatic carbocycles. The van der Waals surface area contributed by atoms with Gasteiger partial charge in [-0.05, 0) is 11.1 Å². The van der Waals surface area contributed by atoms with Crippen LogP contribution in [0.3, 0.4) is 0 Å². The smallest absolute Gasteiger partial charge is 0.104 e. The van der Waals surface area contributed by atoms with Crippen molar-refractivity contribution in [3.05, 3.63) is 71.8 Å². The highest BCUT2D eigenvalue weighted by Crippen LogP contribution is 2.20. The van der Waals surface area contributed by atoms with E-state index in [-0.39, 0.29) is 0 Å². The van der Waals surface area contributed by atoms with E-state index in [1.54, 1.807) is 0 Å². The minimum absolute atomic E-state index is 0.516. The van der Waals surface area contributed by atoms with E-state index >= 15 is 0 Å². The summed E-state index contributed by atoms with van der Waals surface area (Å²) in [6.45, 7) is 8.00. The summed E-state index contributed by atoms with van der Waals surface area (Å²) in [6.07, 6.45) is -0.516. The minimum Gasteiger partial charge on any atom is -0.384 e. The molecule has 2 rings (SSSR count). The zero-order valence-corrected chi connectivity index (χ0v) is 11.8. The average Bonchev–Trinajstić information content (AvgIpc) is 2.52. The second-order valence-corrected chi connectivity index (χ2v) is 3.22. The zero-order valence-electron chi connectivity index (χ0n) is 11.8. The second-order valence-electron chi connectivity index (χ2n) is 3.22.